The molecule has 114 valence electrons. The summed E-state index contributed by atoms with van der Waals surface area (Å²) in [6, 6.07) is -1.33. The topological polar surface area (TPSA) is 147 Å². The number of nitrogens with zero attached hydrogens (tertiary/aromatic N) is 2. The Kier molecular flexibility index (Phi) is 6.88. The van der Waals surface area contributed by atoms with E-state index in [1.807, 2.05) is 6.92 Å². The number of carbonyl (C=O) groups is 1. The van der Waals surface area contributed by atoms with Crippen LogP contribution in [-0.4, -0.2) is 38.5 Å². The summed E-state index contributed by atoms with van der Waals surface area (Å²) < 4.78 is 10.4. The highest BCUT2D eigenvalue weighted by Gasteiger charge is 2.22. The zero-order valence-corrected chi connectivity index (χ0v) is 12.1. The van der Waals surface area contributed by atoms with E-state index in [2.05, 4.69) is 19.6 Å². The Morgan fingerprint density at radius 2 is 2.30 bits per heavy atom. The van der Waals surface area contributed by atoms with Crippen molar-refractivity contribution in [2.45, 2.75) is 45.0 Å². The van der Waals surface area contributed by atoms with Crippen LogP contribution in [0.25, 0.3) is 0 Å². The van der Waals surface area contributed by atoms with E-state index in [0.29, 0.717) is 18.1 Å². The molecule has 1 rings (SSSR count). The van der Waals surface area contributed by atoms with Crippen LogP contribution in [0.4, 0.5) is 0 Å². The number of rotatable bonds is 9. The highest BCUT2D eigenvalue weighted by molar-refractivity contribution is 7.95. The van der Waals surface area contributed by atoms with Crippen LogP contribution in [0.15, 0.2) is 4.52 Å². The van der Waals surface area contributed by atoms with Gasteiger partial charge in [0, 0.05) is 12.1 Å². The first-order valence-electron chi connectivity index (χ1n) is 6.08. The molecule has 0 aliphatic rings. The normalized spacial score (nSPS) is 15.8. The summed E-state index contributed by atoms with van der Waals surface area (Å²) in [6.07, 6.45) is -0.309. The number of aliphatic hydroxyl groups is 1. The van der Waals surface area contributed by atoms with E-state index in [1.54, 1.807) is 0 Å². The number of aliphatic hydroxyl groups excluding tert-OH is 1. The van der Waals surface area contributed by atoms with Crippen LogP contribution in [0.3, 0.4) is 0 Å². The van der Waals surface area contributed by atoms with Crippen LogP contribution in [0.1, 0.15) is 38.0 Å². The Morgan fingerprint density at radius 1 is 1.60 bits per heavy atom. The monoisotopic (exact) mass is 305 g/mol. The van der Waals surface area contributed by atoms with E-state index in [1.165, 1.54) is 6.92 Å². The van der Waals surface area contributed by atoms with Gasteiger partial charge in [0.25, 0.3) is 0 Å². The lowest BCUT2D eigenvalue weighted by atomic mass is 10.2. The molecule has 0 aromatic carbocycles. The molecule has 1 aromatic heterocycles. The molecule has 0 radical (unpaired) electrons. The molecular weight excluding hydrogens is 286 g/mol. The fourth-order valence-corrected chi connectivity index (χ4v) is 1.93. The molecule has 0 saturated heterocycles. The summed E-state index contributed by atoms with van der Waals surface area (Å²) in [5.41, 5.74) is 5.75. The van der Waals surface area contributed by atoms with Gasteiger partial charge in [-0.3, -0.25) is 4.79 Å². The molecule has 3 atom stereocenters. The smallest absolute Gasteiger partial charge is 0.324 e. The Balaban J connectivity index is 2.34. The molecule has 0 bridgehead atoms. The SMILES string of the molecule is CCC(N)c1noc(CNSNC(C(=O)O)C(C)O)n1. The molecule has 9 nitrogen and oxygen atoms in total. The Bertz CT molecular complexity index is 428. The highest BCUT2D eigenvalue weighted by Crippen LogP contribution is 2.09. The average Bonchev–Trinajstić information content (AvgIpc) is 2.85. The number of hydrogen-bond donors (Lipinski definition) is 5. The molecule has 0 amide bonds. The van der Waals surface area contributed by atoms with Gasteiger partial charge in [0.1, 0.15) is 6.04 Å². The Hall–Kier alpha value is -1.20. The third kappa shape index (κ3) is 5.06. The van der Waals surface area contributed by atoms with Crippen LogP contribution >= 0.6 is 12.1 Å². The largest absolute Gasteiger partial charge is 0.480 e. The van der Waals surface area contributed by atoms with Gasteiger partial charge in [0.2, 0.25) is 5.89 Å². The van der Waals surface area contributed by atoms with Gasteiger partial charge in [-0.2, -0.15) is 4.98 Å². The lowest BCUT2D eigenvalue weighted by molar-refractivity contribution is -0.141. The maximum absolute atomic E-state index is 10.8. The fourth-order valence-electron chi connectivity index (χ4n) is 1.23. The molecule has 0 aliphatic heterocycles. The molecule has 3 unspecified atom stereocenters. The number of carboxylic acids is 1. The van der Waals surface area contributed by atoms with Crippen molar-refractivity contribution in [2.75, 3.05) is 0 Å². The van der Waals surface area contributed by atoms with E-state index in [0.717, 1.165) is 12.1 Å². The zero-order valence-electron chi connectivity index (χ0n) is 11.2. The Labute approximate surface area is 120 Å². The second-order valence-electron chi connectivity index (χ2n) is 4.16. The van der Waals surface area contributed by atoms with Crippen LogP contribution < -0.4 is 15.2 Å². The van der Waals surface area contributed by atoms with E-state index < -0.39 is 18.1 Å². The summed E-state index contributed by atoms with van der Waals surface area (Å²) in [4.78, 5) is 14.9. The van der Waals surface area contributed by atoms with Crippen molar-refractivity contribution >= 4 is 18.1 Å². The van der Waals surface area contributed by atoms with Crippen LogP contribution in [0, 0.1) is 0 Å². The van der Waals surface area contributed by atoms with Crippen molar-refractivity contribution in [1.29, 1.82) is 0 Å². The van der Waals surface area contributed by atoms with Gasteiger partial charge in [-0.15, -0.1) is 0 Å². The quantitative estimate of drug-likeness (QED) is 0.300. The fraction of sp³-hybridized carbons (Fsp3) is 0.700. The predicted octanol–water partition coefficient (Wildman–Crippen LogP) is -0.444. The summed E-state index contributed by atoms with van der Waals surface area (Å²) in [6.45, 7) is 3.55. The minimum absolute atomic E-state index is 0.243. The van der Waals surface area contributed by atoms with Crippen LogP contribution in [-0.2, 0) is 11.3 Å². The number of nitrogens with one attached hydrogen (secondary N) is 2. The maximum Gasteiger partial charge on any atom is 0.324 e. The number of aromatic nitrogens is 2. The molecule has 6 N–H and O–H groups in total. The van der Waals surface area contributed by atoms with Gasteiger partial charge in [0.15, 0.2) is 5.82 Å². The third-order valence-electron chi connectivity index (χ3n) is 2.49. The molecule has 0 fully saturated rings. The van der Waals surface area contributed by atoms with Crippen molar-refractivity contribution in [3.63, 3.8) is 0 Å². The van der Waals surface area contributed by atoms with Gasteiger partial charge in [0.05, 0.1) is 18.7 Å². The molecule has 1 aromatic rings. The molecule has 20 heavy (non-hydrogen) atoms. The third-order valence-corrected chi connectivity index (χ3v) is 3.15. The highest BCUT2D eigenvalue weighted by atomic mass is 32.2. The van der Waals surface area contributed by atoms with Crippen molar-refractivity contribution in [2.24, 2.45) is 5.73 Å². The second-order valence-corrected chi connectivity index (χ2v) is 4.89. The van der Waals surface area contributed by atoms with Gasteiger partial charge in [-0.05, 0) is 13.3 Å². The van der Waals surface area contributed by atoms with E-state index in [9.17, 15) is 9.90 Å². The van der Waals surface area contributed by atoms with Crippen LogP contribution in [0.2, 0.25) is 0 Å². The first-order valence-corrected chi connectivity index (χ1v) is 6.90. The van der Waals surface area contributed by atoms with E-state index >= 15 is 0 Å². The van der Waals surface area contributed by atoms with Crippen molar-refractivity contribution in [3.05, 3.63) is 11.7 Å². The lowest BCUT2D eigenvalue weighted by Gasteiger charge is -2.15. The number of nitrogens with two attached hydrogens (primary N) is 1. The summed E-state index contributed by atoms with van der Waals surface area (Å²) in [5, 5.41) is 21.8. The first-order chi connectivity index (χ1) is 9.45. The molecule has 1 heterocycles. The Morgan fingerprint density at radius 3 is 2.85 bits per heavy atom. The lowest BCUT2D eigenvalue weighted by Crippen LogP contribution is -2.42. The molecule has 10 heteroatoms. The maximum atomic E-state index is 10.8. The molecule has 0 spiro atoms. The zero-order chi connectivity index (χ0) is 15.1. The summed E-state index contributed by atoms with van der Waals surface area (Å²) in [5.74, 6) is -0.347. The van der Waals surface area contributed by atoms with Gasteiger partial charge < -0.3 is 20.5 Å². The predicted molar refractivity (Wildman–Crippen MR) is 72.2 cm³/mol. The standard InChI is InChI=1S/C10H19N5O4S/c1-3-6(11)9-13-7(19-14-9)4-12-20-15-8(5(2)16)10(17)18/h5-6,8,12,15-16H,3-4,11H2,1-2H3,(H,17,18). The first kappa shape index (κ1) is 16.9. The van der Waals surface area contributed by atoms with Gasteiger partial charge in [-0.1, -0.05) is 12.1 Å². The second kappa shape index (κ2) is 8.17. The van der Waals surface area contributed by atoms with Gasteiger partial charge >= 0.3 is 5.97 Å². The van der Waals surface area contributed by atoms with E-state index in [-0.39, 0.29) is 12.6 Å². The number of carboxylic acid groups (broad SMARTS) is 1. The minimum atomic E-state index is -1.14. The summed E-state index contributed by atoms with van der Waals surface area (Å²) >= 11 is 0.936. The summed E-state index contributed by atoms with van der Waals surface area (Å²) in [7, 11) is 0. The van der Waals surface area contributed by atoms with Crippen molar-refractivity contribution in [3.8, 4) is 0 Å². The molecule has 0 saturated carbocycles. The molecular formula is C10H19N5O4S. The van der Waals surface area contributed by atoms with Crippen LogP contribution in [0.5, 0.6) is 0 Å². The van der Waals surface area contributed by atoms with Crippen molar-refractivity contribution < 1.29 is 19.5 Å². The number of aliphatic carboxylic acids is 1. The minimum Gasteiger partial charge on any atom is -0.480 e. The van der Waals surface area contributed by atoms with E-state index in [4.69, 9.17) is 15.4 Å². The average molecular weight is 305 g/mol. The molecule has 0 aliphatic carbocycles. The number of hydrogen-bond acceptors (Lipinski definition) is 9. The van der Waals surface area contributed by atoms with Crippen molar-refractivity contribution in [1.82, 2.24) is 19.6 Å². The van der Waals surface area contributed by atoms with Gasteiger partial charge in [-0.25, -0.2) is 9.44 Å².